The summed E-state index contributed by atoms with van der Waals surface area (Å²) in [4.78, 5) is 0. The summed E-state index contributed by atoms with van der Waals surface area (Å²) in [5, 5.41) is 3.57. The van der Waals surface area contributed by atoms with E-state index in [4.69, 9.17) is 0 Å². The molecular weight excluding hydrogens is 194 g/mol. The van der Waals surface area contributed by atoms with Crippen molar-refractivity contribution in [2.45, 2.75) is 32.2 Å². The lowest BCUT2D eigenvalue weighted by atomic mass is 9.96. The molecule has 0 spiro atoms. The van der Waals surface area contributed by atoms with Gasteiger partial charge in [0.1, 0.15) is 0 Å². The van der Waals surface area contributed by atoms with E-state index in [-0.39, 0.29) is 0 Å². The fourth-order valence-electron chi connectivity index (χ4n) is 2.25. The van der Waals surface area contributed by atoms with Gasteiger partial charge in [-0.25, -0.2) is 0 Å². The maximum Gasteiger partial charge on any atom is 0.0256 e. The van der Waals surface area contributed by atoms with Gasteiger partial charge in [0, 0.05) is 12.6 Å². The molecule has 0 aromatic heterocycles. The average Bonchev–Trinajstić information content (AvgIpc) is 2.76. The van der Waals surface area contributed by atoms with Crippen molar-refractivity contribution in [3.63, 3.8) is 0 Å². The normalized spacial score (nSPS) is 25.7. The minimum Gasteiger partial charge on any atom is -0.310 e. The van der Waals surface area contributed by atoms with Crippen LogP contribution in [-0.4, -0.2) is 12.6 Å². The van der Waals surface area contributed by atoms with E-state index in [0.717, 1.165) is 6.54 Å². The minimum absolute atomic E-state index is 0.563. The van der Waals surface area contributed by atoms with Crippen molar-refractivity contribution in [3.05, 3.63) is 48.0 Å². The Balaban J connectivity index is 1.94. The van der Waals surface area contributed by atoms with E-state index in [2.05, 4.69) is 61.6 Å². The summed E-state index contributed by atoms with van der Waals surface area (Å²) in [7, 11) is 0. The molecule has 1 N–H and O–H groups in total. The third-order valence-corrected chi connectivity index (χ3v) is 3.16. The number of nitrogens with one attached hydrogen (secondary N) is 1. The summed E-state index contributed by atoms with van der Waals surface area (Å²) < 4.78 is 0. The Morgan fingerprint density at radius 2 is 2.00 bits per heavy atom. The topological polar surface area (TPSA) is 12.0 Å². The van der Waals surface area contributed by atoms with Gasteiger partial charge in [-0.3, -0.25) is 0 Å². The Hall–Kier alpha value is -1.08. The van der Waals surface area contributed by atoms with E-state index in [1.165, 1.54) is 12.0 Å². The van der Waals surface area contributed by atoms with E-state index in [9.17, 15) is 0 Å². The van der Waals surface area contributed by atoms with Crippen LogP contribution in [0.5, 0.6) is 0 Å². The van der Waals surface area contributed by atoms with E-state index in [0.29, 0.717) is 17.9 Å². The molecule has 86 valence electrons. The molecule has 1 saturated heterocycles. The first kappa shape index (κ1) is 11.4. The van der Waals surface area contributed by atoms with Crippen molar-refractivity contribution in [1.29, 1.82) is 0 Å². The third-order valence-electron chi connectivity index (χ3n) is 3.16. The molecule has 1 heteroatoms. The van der Waals surface area contributed by atoms with Crippen molar-refractivity contribution in [2.75, 3.05) is 6.54 Å². The van der Waals surface area contributed by atoms with E-state index in [1.807, 2.05) is 0 Å². The van der Waals surface area contributed by atoms with Gasteiger partial charge in [-0.2, -0.15) is 0 Å². The van der Waals surface area contributed by atoms with Gasteiger partial charge in [-0.1, -0.05) is 56.3 Å². The Morgan fingerprint density at radius 1 is 1.25 bits per heavy atom. The molecule has 0 bridgehead atoms. The third kappa shape index (κ3) is 2.96. The Bertz CT molecular complexity index is 340. The molecule has 1 heterocycles. The van der Waals surface area contributed by atoms with Gasteiger partial charge in [0.25, 0.3) is 0 Å². The zero-order chi connectivity index (χ0) is 11.4. The second-order valence-electron chi connectivity index (χ2n) is 4.99. The van der Waals surface area contributed by atoms with Crippen molar-refractivity contribution >= 4 is 0 Å². The minimum atomic E-state index is 0.563. The zero-order valence-electron chi connectivity index (χ0n) is 10.2. The summed E-state index contributed by atoms with van der Waals surface area (Å²) in [5.41, 5.74) is 1.47. The molecule has 1 aliphatic rings. The number of hydrogen-bond donors (Lipinski definition) is 1. The SMILES string of the molecule is CC(C)/C=C/C1CC(c2ccccc2)CN1. The fourth-order valence-corrected chi connectivity index (χ4v) is 2.25. The summed E-state index contributed by atoms with van der Waals surface area (Å²) in [5.74, 6) is 1.33. The summed E-state index contributed by atoms with van der Waals surface area (Å²) in [6.07, 6.45) is 5.85. The van der Waals surface area contributed by atoms with Crippen LogP contribution in [0.15, 0.2) is 42.5 Å². The van der Waals surface area contributed by atoms with Crippen LogP contribution in [0.3, 0.4) is 0 Å². The van der Waals surface area contributed by atoms with Gasteiger partial charge in [-0.15, -0.1) is 0 Å². The molecule has 1 aliphatic heterocycles. The number of rotatable bonds is 3. The van der Waals surface area contributed by atoms with Gasteiger partial charge in [-0.05, 0) is 23.8 Å². The molecule has 2 unspecified atom stereocenters. The van der Waals surface area contributed by atoms with Crippen LogP contribution in [0, 0.1) is 5.92 Å². The standard InChI is InChI=1S/C15H21N/c1-12(2)8-9-15-10-14(11-16-15)13-6-4-3-5-7-13/h3-9,12,14-16H,10-11H2,1-2H3/b9-8+. The second kappa shape index (κ2) is 5.31. The lowest BCUT2D eigenvalue weighted by Gasteiger charge is -2.08. The first-order valence-corrected chi connectivity index (χ1v) is 6.22. The highest BCUT2D eigenvalue weighted by molar-refractivity contribution is 5.22. The molecule has 0 amide bonds. The molecule has 1 aromatic carbocycles. The Morgan fingerprint density at radius 3 is 2.69 bits per heavy atom. The lowest BCUT2D eigenvalue weighted by Crippen LogP contribution is -2.18. The van der Waals surface area contributed by atoms with Crippen LogP contribution in [0.1, 0.15) is 31.7 Å². The van der Waals surface area contributed by atoms with Crippen LogP contribution < -0.4 is 5.32 Å². The van der Waals surface area contributed by atoms with Crippen LogP contribution >= 0.6 is 0 Å². The molecule has 1 aromatic rings. The molecule has 16 heavy (non-hydrogen) atoms. The van der Waals surface area contributed by atoms with E-state index >= 15 is 0 Å². The van der Waals surface area contributed by atoms with Gasteiger partial charge in [0.05, 0.1) is 0 Å². The van der Waals surface area contributed by atoms with Crippen molar-refractivity contribution in [3.8, 4) is 0 Å². The summed E-state index contributed by atoms with van der Waals surface area (Å²) in [6, 6.07) is 11.4. The number of benzene rings is 1. The molecule has 0 aliphatic carbocycles. The molecule has 2 atom stereocenters. The highest BCUT2D eigenvalue weighted by Crippen LogP contribution is 2.25. The van der Waals surface area contributed by atoms with Crippen LogP contribution in [0.4, 0.5) is 0 Å². The molecule has 0 radical (unpaired) electrons. The predicted molar refractivity (Wildman–Crippen MR) is 69.6 cm³/mol. The molecule has 2 rings (SSSR count). The summed E-state index contributed by atoms with van der Waals surface area (Å²) in [6.45, 7) is 5.55. The smallest absolute Gasteiger partial charge is 0.0256 e. The quantitative estimate of drug-likeness (QED) is 0.762. The van der Waals surface area contributed by atoms with Crippen molar-refractivity contribution in [2.24, 2.45) is 5.92 Å². The largest absolute Gasteiger partial charge is 0.310 e. The maximum atomic E-state index is 3.57. The second-order valence-corrected chi connectivity index (χ2v) is 4.99. The van der Waals surface area contributed by atoms with Crippen LogP contribution in [0.2, 0.25) is 0 Å². The van der Waals surface area contributed by atoms with Gasteiger partial charge < -0.3 is 5.32 Å². The Labute approximate surface area is 98.6 Å². The predicted octanol–water partition coefficient (Wildman–Crippen LogP) is 3.34. The highest BCUT2D eigenvalue weighted by Gasteiger charge is 2.22. The first-order valence-electron chi connectivity index (χ1n) is 6.22. The molecule has 0 saturated carbocycles. The zero-order valence-corrected chi connectivity index (χ0v) is 10.2. The van der Waals surface area contributed by atoms with Crippen molar-refractivity contribution < 1.29 is 0 Å². The van der Waals surface area contributed by atoms with E-state index < -0.39 is 0 Å². The fraction of sp³-hybridized carbons (Fsp3) is 0.467. The van der Waals surface area contributed by atoms with E-state index in [1.54, 1.807) is 0 Å². The first-order chi connectivity index (χ1) is 7.75. The Kier molecular flexibility index (Phi) is 3.79. The van der Waals surface area contributed by atoms with Gasteiger partial charge >= 0.3 is 0 Å². The lowest BCUT2D eigenvalue weighted by molar-refractivity contribution is 0.708. The van der Waals surface area contributed by atoms with Crippen LogP contribution in [0.25, 0.3) is 0 Å². The van der Waals surface area contributed by atoms with Crippen LogP contribution in [-0.2, 0) is 0 Å². The molecule has 1 fully saturated rings. The average molecular weight is 215 g/mol. The number of hydrogen-bond acceptors (Lipinski definition) is 1. The highest BCUT2D eigenvalue weighted by atomic mass is 14.9. The summed E-state index contributed by atoms with van der Waals surface area (Å²) >= 11 is 0. The maximum absolute atomic E-state index is 3.57. The molecular formula is C15H21N. The van der Waals surface area contributed by atoms with Gasteiger partial charge in [0.2, 0.25) is 0 Å². The van der Waals surface area contributed by atoms with Crippen molar-refractivity contribution in [1.82, 2.24) is 5.32 Å². The number of allylic oxidation sites excluding steroid dienone is 1. The monoisotopic (exact) mass is 215 g/mol. The van der Waals surface area contributed by atoms with Gasteiger partial charge in [0.15, 0.2) is 0 Å². The molecule has 1 nitrogen and oxygen atoms in total.